The van der Waals surface area contributed by atoms with Crippen molar-refractivity contribution in [2.75, 3.05) is 5.32 Å². The minimum Gasteiger partial charge on any atom is -0.379 e. The van der Waals surface area contributed by atoms with Crippen molar-refractivity contribution in [3.8, 4) is 0 Å². The molecule has 16 heavy (non-hydrogen) atoms. The number of halogens is 3. The molecule has 0 unspecified atom stereocenters. The molecule has 0 saturated heterocycles. The summed E-state index contributed by atoms with van der Waals surface area (Å²) in [5, 5.41) is 11.3. The van der Waals surface area contributed by atoms with Gasteiger partial charge in [-0.2, -0.15) is 13.2 Å². The lowest BCUT2D eigenvalue weighted by molar-refractivity contribution is -0.206. The van der Waals surface area contributed by atoms with E-state index in [2.05, 4.69) is 5.32 Å². The third kappa shape index (κ3) is 3.23. The molecule has 0 fully saturated rings. The highest BCUT2D eigenvalue weighted by molar-refractivity contribution is 5.88. The van der Waals surface area contributed by atoms with Crippen molar-refractivity contribution in [3.63, 3.8) is 0 Å². The van der Waals surface area contributed by atoms with Gasteiger partial charge in [-0.25, -0.2) is 0 Å². The first-order valence-electron chi connectivity index (χ1n) is 4.43. The van der Waals surface area contributed by atoms with Gasteiger partial charge in [0.05, 0.1) is 0 Å². The van der Waals surface area contributed by atoms with Gasteiger partial charge in [-0.3, -0.25) is 4.79 Å². The van der Waals surface area contributed by atoms with Crippen LogP contribution in [0.3, 0.4) is 0 Å². The lowest BCUT2D eigenvalue weighted by Gasteiger charge is -2.15. The minimum absolute atomic E-state index is 0.216. The highest BCUT2D eigenvalue weighted by Crippen LogP contribution is 2.33. The summed E-state index contributed by atoms with van der Waals surface area (Å²) in [6, 6.07) is 4.99. The quantitative estimate of drug-likeness (QED) is 0.823. The Bertz CT molecular complexity index is 390. The van der Waals surface area contributed by atoms with Gasteiger partial charge >= 0.3 is 6.18 Å². The molecule has 2 N–H and O–H groups in total. The zero-order valence-electron chi connectivity index (χ0n) is 8.38. The van der Waals surface area contributed by atoms with E-state index < -0.39 is 18.2 Å². The number of nitrogens with one attached hydrogen (secondary N) is 1. The van der Waals surface area contributed by atoms with Crippen molar-refractivity contribution < 1.29 is 23.1 Å². The van der Waals surface area contributed by atoms with E-state index in [-0.39, 0.29) is 11.3 Å². The summed E-state index contributed by atoms with van der Waals surface area (Å²) in [6.45, 7) is 1.24. The lowest BCUT2D eigenvalue weighted by atomic mass is 10.1. The van der Waals surface area contributed by atoms with E-state index >= 15 is 0 Å². The highest BCUT2D eigenvalue weighted by Gasteiger charge is 2.39. The second kappa shape index (κ2) is 4.52. The second-order valence-electron chi connectivity index (χ2n) is 3.25. The third-order valence-corrected chi connectivity index (χ3v) is 1.83. The van der Waals surface area contributed by atoms with Crippen LogP contribution in [0.15, 0.2) is 24.3 Å². The molecule has 0 aliphatic rings. The Labute approximate surface area is 89.9 Å². The van der Waals surface area contributed by atoms with Gasteiger partial charge in [0, 0.05) is 12.6 Å². The largest absolute Gasteiger partial charge is 0.418 e. The van der Waals surface area contributed by atoms with Gasteiger partial charge in [-0.15, -0.1) is 0 Å². The molecule has 1 amide bonds. The molecule has 0 aliphatic heterocycles. The van der Waals surface area contributed by atoms with Crippen molar-refractivity contribution in [2.24, 2.45) is 0 Å². The predicted molar refractivity (Wildman–Crippen MR) is 51.8 cm³/mol. The van der Waals surface area contributed by atoms with E-state index in [0.29, 0.717) is 0 Å². The number of hydrogen-bond acceptors (Lipinski definition) is 2. The molecule has 1 atom stereocenters. The van der Waals surface area contributed by atoms with Crippen molar-refractivity contribution in [2.45, 2.75) is 19.2 Å². The molecule has 0 radical (unpaired) electrons. The SMILES string of the molecule is CC(=O)Nc1cccc([C@@H](O)C(F)(F)F)c1. The van der Waals surface area contributed by atoms with Gasteiger partial charge in [-0.1, -0.05) is 12.1 Å². The maximum Gasteiger partial charge on any atom is 0.418 e. The Morgan fingerprint density at radius 3 is 2.56 bits per heavy atom. The van der Waals surface area contributed by atoms with E-state index in [1.807, 2.05) is 0 Å². The number of carbonyl (C=O) groups is 1. The summed E-state index contributed by atoms with van der Waals surface area (Å²) in [5.74, 6) is -0.390. The van der Waals surface area contributed by atoms with Gasteiger partial charge in [0.15, 0.2) is 6.10 Å². The van der Waals surface area contributed by atoms with Gasteiger partial charge in [0.1, 0.15) is 0 Å². The third-order valence-electron chi connectivity index (χ3n) is 1.83. The first-order valence-corrected chi connectivity index (χ1v) is 4.43. The number of benzene rings is 1. The van der Waals surface area contributed by atoms with Crippen LogP contribution in [0, 0.1) is 0 Å². The summed E-state index contributed by atoms with van der Waals surface area (Å²) in [7, 11) is 0. The van der Waals surface area contributed by atoms with Gasteiger partial charge in [0.2, 0.25) is 5.91 Å². The van der Waals surface area contributed by atoms with E-state index in [1.54, 1.807) is 0 Å². The van der Waals surface area contributed by atoms with Crippen molar-refractivity contribution in [1.29, 1.82) is 0 Å². The van der Waals surface area contributed by atoms with Gasteiger partial charge < -0.3 is 10.4 Å². The topological polar surface area (TPSA) is 49.3 Å². The molecular weight excluding hydrogens is 223 g/mol. The Morgan fingerprint density at radius 1 is 1.44 bits per heavy atom. The standard InChI is InChI=1S/C10H10F3NO2/c1-6(15)14-8-4-2-3-7(5-8)9(16)10(11,12)13/h2-5,9,16H,1H3,(H,14,15)/t9-/m1/s1. The monoisotopic (exact) mass is 233 g/mol. The molecule has 1 aromatic carbocycles. The average Bonchev–Trinajstić information content (AvgIpc) is 2.14. The maximum absolute atomic E-state index is 12.2. The summed E-state index contributed by atoms with van der Waals surface area (Å²) in [6.07, 6.45) is -7.25. The first kappa shape index (κ1) is 12.5. The molecule has 0 aliphatic carbocycles. The van der Waals surface area contributed by atoms with Crippen LogP contribution in [0.1, 0.15) is 18.6 Å². The van der Waals surface area contributed by atoms with Crippen LogP contribution in [-0.2, 0) is 4.79 Å². The smallest absolute Gasteiger partial charge is 0.379 e. The molecule has 0 heterocycles. The zero-order chi connectivity index (χ0) is 12.3. The zero-order valence-corrected chi connectivity index (χ0v) is 8.38. The number of hydrogen-bond donors (Lipinski definition) is 2. The number of alkyl halides is 3. The van der Waals surface area contributed by atoms with E-state index in [4.69, 9.17) is 5.11 Å². The number of aliphatic hydroxyl groups excluding tert-OH is 1. The lowest BCUT2D eigenvalue weighted by Crippen LogP contribution is -2.20. The van der Waals surface area contributed by atoms with Crippen LogP contribution in [0.25, 0.3) is 0 Å². The van der Waals surface area contributed by atoms with Crippen LogP contribution < -0.4 is 5.32 Å². The Balaban J connectivity index is 2.94. The number of aliphatic hydroxyl groups is 1. The summed E-state index contributed by atoms with van der Waals surface area (Å²) >= 11 is 0. The number of amides is 1. The molecule has 0 bridgehead atoms. The van der Waals surface area contributed by atoms with Crippen LogP contribution in [-0.4, -0.2) is 17.2 Å². The van der Waals surface area contributed by atoms with Crippen molar-refractivity contribution in [3.05, 3.63) is 29.8 Å². The Morgan fingerprint density at radius 2 is 2.06 bits per heavy atom. The molecule has 0 saturated carbocycles. The maximum atomic E-state index is 12.2. The fraction of sp³-hybridized carbons (Fsp3) is 0.300. The normalized spacial score (nSPS) is 13.3. The van der Waals surface area contributed by atoms with E-state index in [0.717, 1.165) is 12.1 Å². The van der Waals surface area contributed by atoms with E-state index in [1.165, 1.54) is 19.1 Å². The number of anilines is 1. The van der Waals surface area contributed by atoms with Crippen LogP contribution >= 0.6 is 0 Å². The van der Waals surface area contributed by atoms with E-state index in [9.17, 15) is 18.0 Å². The molecule has 6 heteroatoms. The molecule has 0 aromatic heterocycles. The molecular formula is C10H10F3NO2. The molecule has 1 aromatic rings. The Kier molecular flexibility index (Phi) is 3.54. The second-order valence-corrected chi connectivity index (χ2v) is 3.25. The van der Waals surface area contributed by atoms with Crippen LogP contribution in [0.4, 0.5) is 18.9 Å². The fourth-order valence-electron chi connectivity index (χ4n) is 1.18. The molecule has 1 rings (SSSR count). The predicted octanol–water partition coefficient (Wildman–Crippen LogP) is 2.24. The number of carbonyl (C=O) groups excluding carboxylic acids is 1. The number of rotatable bonds is 2. The summed E-state index contributed by atoms with van der Waals surface area (Å²) in [4.78, 5) is 10.7. The summed E-state index contributed by atoms with van der Waals surface area (Å²) in [5.41, 5.74) is -0.0907. The fourth-order valence-corrected chi connectivity index (χ4v) is 1.18. The molecule has 3 nitrogen and oxygen atoms in total. The van der Waals surface area contributed by atoms with Crippen LogP contribution in [0.5, 0.6) is 0 Å². The molecule has 88 valence electrons. The minimum atomic E-state index is -4.71. The van der Waals surface area contributed by atoms with Crippen molar-refractivity contribution >= 4 is 11.6 Å². The first-order chi connectivity index (χ1) is 7.30. The Hall–Kier alpha value is -1.56. The van der Waals surface area contributed by atoms with Crippen LogP contribution in [0.2, 0.25) is 0 Å². The van der Waals surface area contributed by atoms with Crippen molar-refractivity contribution in [1.82, 2.24) is 0 Å². The summed E-state index contributed by atoms with van der Waals surface area (Å²) < 4.78 is 36.6. The van der Waals surface area contributed by atoms with Gasteiger partial charge in [0.25, 0.3) is 0 Å². The highest BCUT2D eigenvalue weighted by atomic mass is 19.4. The molecule has 0 spiro atoms. The van der Waals surface area contributed by atoms with Gasteiger partial charge in [-0.05, 0) is 17.7 Å². The average molecular weight is 233 g/mol.